The Morgan fingerprint density at radius 1 is 1.21 bits per heavy atom. The second-order valence-corrected chi connectivity index (χ2v) is 5.57. The molecule has 0 fully saturated rings. The number of rotatable bonds is 4. The average molecular weight is 330 g/mol. The van der Waals surface area contributed by atoms with Crippen LogP contribution in [0.25, 0.3) is 10.9 Å². The van der Waals surface area contributed by atoms with E-state index in [0.717, 1.165) is 23.0 Å². The summed E-state index contributed by atoms with van der Waals surface area (Å²) in [5, 5.41) is 13.8. The first-order valence-corrected chi connectivity index (χ1v) is 7.42. The quantitative estimate of drug-likeness (QED) is 0.773. The number of nitrogens with one attached hydrogen (secondary N) is 1. The Kier molecular flexibility index (Phi) is 4.31. The van der Waals surface area contributed by atoms with Crippen LogP contribution in [-0.2, 0) is 7.05 Å². The van der Waals surface area contributed by atoms with Crippen molar-refractivity contribution in [3.05, 3.63) is 71.4 Å². The normalized spacial score (nSPS) is 12.3. The van der Waals surface area contributed by atoms with Gasteiger partial charge in [-0.2, -0.15) is 0 Å². The number of aryl methyl sites for hydroxylation is 1. The molecule has 1 heterocycles. The number of amides is 1. The number of carbonyl (C=O) groups excluding carboxylic acids is 1. The third-order valence-electron chi connectivity index (χ3n) is 3.92. The van der Waals surface area contributed by atoms with Crippen molar-refractivity contribution in [2.24, 2.45) is 7.05 Å². The number of aliphatic hydroxyl groups is 1. The summed E-state index contributed by atoms with van der Waals surface area (Å²) in [6.07, 6.45) is 0.893. The minimum absolute atomic E-state index is 0.000908. The SMILES string of the molecule is Cn1cc([C@H](O)CNC(=O)c2ccc(F)c(F)c2)c2ccccc21. The number of halogens is 2. The van der Waals surface area contributed by atoms with Crippen LogP contribution in [0.4, 0.5) is 8.78 Å². The Labute approximate surface area is 137 Å². The number of benzene rings is 2. The van der Waals surface area contributed by atoms with Crippen molar-refractivity contribution in [1.82, 2.24) is 9.88 Å². The van der Waals surface area contributed by atoms with Crippen LogP contribution in [0, 0.1) is 11.6 Å². The van der Waals surface area contributed by atoms with Crippen molar-refractivity contribution >= 4 is 16.8 Å². The zero-order valence-electron chi connectivity index (χ0n) is 13.0. The lowest BCUT2D eigenvalue weighted by molar-refractivity contribution is 0.0916. The van der Waals surface area contributed by atoms with Gasteiger partial charge in [-0.05, 0) is 24.3 Å². The molecule has 0 aliphatic rings. The molecular weight excluding hydrogens is 314 g/mol. The van der Waals surface area contributed by atoms with E-state index in [2.05, 4.69) is 5.32 Å². The number of carbonyl (C=O) groups is 1. The van der Waals surface area contributed by atoms with Crippen LogP contribution in [0.5, 0.6) is 0 Å². The molecule has 3 aromatic rings. The van der Waals surface area contributed by atoms with E-state index in [-0.39, 0.29) is 12.1 Å². The van der Waals surface area contributed by atoms with Crippen LogP contribution >= 0.6 is 0 Å². The summed E-state index contributed by atoms with van der Waals surface area (Å²) < 4.78 is 28.0. The molecule has 1 amide bonds. The fraction of sp³-hybridized carbons (Fsp3) is 0.167. The van der Waals surface area contributed by atoms with Gasteiger partial charge in [0.05, 0.1) is 6.10 Å². The Hall–Kier alpha value is -2.73. The lowest BCUT2D eigenvalue weighted by atomic mass is 10.1. The van der Waals surface area contributed by atoms with Crippen LogP contribution in [0.3, 0.4) is 0 Å². The maximum Gasteiger partial charge on any atom is 0.251 e. The molecule has 0 radical (unpaired) electrons. The van der Waals surface area contributed by atoms with Crippen LogP contribution in [-0.4, -0.2) is 22.1 Å². The van der Waals surface area contributed by atoms with Gasteiger partial charge in [0.15, 0.2) is 11.6 Å². The van der Waals surface area contributed by atoms with Crippen molar-refractivity contribution in [3.63, 3.8) is 0 Å². The number of fused-ring (bicyclic) bond motifs is 1. The average Bonchev–Trinajstić information content (AvgIpc) is 2.92. The number of hydrogen-bond acceptors (Lipinski definition) is 2. The molecule has 0 unspecified atom stereocenters. The highest BCUT2D eigenvalue weighted by molar-refractivity contribution is 5.94. The zero-order valence-corrected chi connectivity index (χ0v) is 13.0. The van der Waals surface area contributed by atoms with E-state index >= 15 is 0 Å². The number of aromatic nitrogens is 1. The molecule has 0 aliphatic carbocycles. The highest BCUT2D eigenvalue weighted by Gasteiger charge is 2.16. The van der Waals surface area contributed by atoms with Crippen molar-refractivity contribution < 1.29 is 18.7 Å². The molecule has 0 saturated carbocycles. The molecular formula is C18H16F2N2O2. The molecule has 124 valence electrons. The van der Waals surface area contributed by atoms with Gasteiger partial charge in [0.1, 0.15) is 0 Å². The van der Waals surface area contributed by atoms with E-state index in [1.165, 1.54) is 6.07 Å². The first-order chi connectivity index (χ1) is 11.5. The molecule has 1 atom stereocenters. The van der Waals surface area contributed by atoms with Gasteiger partial charge in [-0.25, -0.2) is 8.78 Å². The Morgan fingerprint density at radius 2 is 1.96 bits per heavy atom. The first kappa shape index (κ1) is 16.1. The Morgan fingerprint density at radius 3 is 2.71 bits per heavy atom. The Balaban J connectivity index is 1.73. The van der Waals surface area contributed by atoms with Gasteiger partial charge in [0, 0.05) is 41.8 Å². The summed E-state index contributed by atoms with van der Waals surface area (Å²) in [5.41, 5.74) is 1.66. The molecule has 0 aliphatic heterocycles. The van der Waals surface area contributed by atoms with Gasteiger partial charge in [0.2, 0.25) is 0 Å². The molecule has 0 saturated heterocycles. The third kappa shape index (κ3) is 3.00. The number of aliphatic hydroxyl groups excluding tert-OH is 1. The molecule has 24 heavy (non-hydrogen) atoms. The predicted molar refractivity (Wildman–Crippen MR) is 86.6 cm³/mol. The monoisotopic (exact) mass is 330 g/mol. The highest BCUT2D eigenvalue weighted by atomic mass is 19.2. The molecule has 0 bridgehead atoms. The van der Waals surface area contributed by atoms with Gasteiger partial charge >= 0.3 is 0 Å². The number of nitrogens with zero attached hydrogens (tertiary/aromatic N) is 1. The second kappa shape index (κ2) is 6.41. The van der Waals surface area contributed by atoms with Crippen LogP contribution in [0.1, 0.15) is 22.0 Å². The third-order valence-corrected chi connectivity index (χ3v) is 3.92. The van der Waals surface area contributed by atoms with Crippen LogP contribution < -0.4 is 5.32 Å². The van der Waals surface area contributed by atoms with Crippen molar-refractivity contribution in [3.8, 4) is 0 Å². The summed E-state index contributed by atoms with van der Waals surface area (Å²) in [4.78, 5) is 12.0. The molecule has 3 rings (SSSR count). The minimum Gasteiger partial charge on any atom is -0.386 e. The largest absolute Gasteiger partial charge is 0.386 e. The van der Waals surface area contributed by atoms with E-state index in [4.69, 9.17) is 0 Å². The fourth-order valence-electron chi connectivity index (χ4n) is 2.68. The van der Waals surface area contributed by atoms with Crippen molar-refractivity contribution in [1.29, 1.82) is 0 Å². The summed E-state index contributed by atoms with van der Waals surface area (Å²) in [7, 11) is 1.87. The molecule has 2 aromatic carbocycles. The highest BCUT2D eigenvalue weighted by Crippen LogP contribution is 2.25. The standard InChI is InChI=1S/C18H16F2N2O2/c1-22-10-13(12-4-2-3-5-16(12)22)17(23)9-21-18(24)11-6-7-14(19)15(20)8-11/h2-8,10,17,23H,9H2,1H3,(H,21,24)/t17-/m1/s1. The van der Waals surface area contributed by atoms with Crippen molar-refractivity contribution in [2.75, 3.05) is 6.54 Å². The summed E-state index contributed by atoms with van der Waals surface area (Å²) in [6, 6.07) is 10.5. The van der Waals surface area contributed by atoms with Gasteiger partial charge < -0.3 is 15.0 Å². The van der Waals surface area contributed by atoms with Crippen LogP contribution in [0.2, 0.25) is 0 Å². The zero-order chi connectivity index (χ0) is 17.3. The van der Waals surface area contributed by atoms with Gasteiger partial charge in [0.25, 0.3) is 5.91 Å². The molecule has 4 nitrogen and oxygen atoms in total. The van der Waals surface area contributed by atoms with E-state index in [9.17, 15) is 18.7 Å². The molecule has 2 N–H and O–H groups in total. The van der Waals surface area contributed by atoms with Gasteiger partial charge in [-0.1, -0.05) is 18.2 Å². The topological polar surface area (TPSA) is 54.3 Å². The van der Waals surface area contributed by atoms with E-state index in [1.807, 2.05) is 35.9 Å². The van der Waals surface area contributed by atoms with E-state index < -0.39 is 23.6 Å². The first-order valence-electron chi connectivity index (χ1n) is 7.42. The minimum atomic E-state index is -1.09. The van der Waals surface area contributed by atoms with Crippen LogP contribution in [0.15, 0.2) is 48.7 Å². The van der Waals surface area contributed by atoms with Crippen molar-refractivity contribution in [2.45, 2.75) is 6.10 Å². The molecule has 1 aromatic heterocycles. The maximum absolute atomic E-state index is 13.2. The summed E-state index contributed by atoms with van der Waals surface area (Å²) >= 11 is 0. The Bertz CT molecular complexity index is 905. The second-order valence-electron chi connectivity index (χ2n) is 5.57. The number of para-hydroxylation sites is 1. The summed E-state index contributed by atoms with van der Waals surface area (Å²) in [5.74, 6) is -2.67. The van der Waals surface area contributed by atoms with Gasteiger partial charge in [-0.3, -0.25) is 4.79 Å². The fourth-order valence-corrected chi connectivity index (χ4v) is 2.68. The lowest BCUT2D eigenvalue weighted by Crippen LogP contribution is -2.28. The molecule has 0 spiro atoms. The van der Waals surface area contributed by atoms with E-state index in [0.29, 0.717) is 5.56 Å². The van der Waals surface area contributed by atoms with E-state index in [1.54, 1.807) is 6.20 Å². The summed E-state index contributed by atoms with van der Waals surface area (Å²) in [6.45, 7) is -0.0359. The predicted octanol–water partition coefficient (Wildman–Crippen LogP) is 2.92. The molecule has 6 heteroatoms. The smallest absolute Gasteiger partial charge is 0.251 e. The maximum atomic E-state index is 13.2. The lowest BCUT2D eigenvalue weighted by Gasteiger charge is -2.11. The van der Waals surface area contributed by atoms with Gasteiger partial charge in [-0.15, -0.1) is 0 Å². The number of hydrogen-bond donors (Lipinski definition) is 2.